The molecule has 0 amide bonds. The molecule has 0 aliphatic rings. The Morgan fingerprint density at radius 3 is 2.15 bits per heavy atom. The molecule has 10 heteroatoms. The molecule has 2 N–H and O–H groups in total. The molecule has 3 aromatic rings. The van der Waals surface area contributed by atoms with Crippen LogP contribution in [0.25, 0.3) is 0 Å². The Bertz CT molecular complexity index is 984. The number of halogens is 3. The van der Waals surface area contributed by atoms with Crippen molar-refractivity contribution < 1.29 is 4.92 Å². The molecule has 0 aliphatic carbocycles. The van der Waals surface area contributed by atoms with Crippen LogP contribution in [-0.2, 0) is 0 Å². The summed E-state index contributed by atoms with van der Waals surface area (Å²) >= 11 is 18.1. The molecule has 0 bridgehead atoms. The summed E-state index contributed by atoms with van der Waals surface area (Å²) in [6, 6.07) is 11.5. The van der Waals surface area contributed by atoms with Crippen LogP contribution in [0.1, 0.15) is 0 Å². The van der Waals surface area contributed by atoms with E-state index in [1.54, 1.807) is 36.4 Å². The number of benzene rings is 2. The van der Waals surface area contributed by atoms with Crippen LogP contribution in [0.5, 0.6) is 0 Å². The molecule has 1 aromatic heterocycles. The third-order valence-corrected chi connectivity index (χ3v) is 4.21. The van der Waals surface area contributed by atoms with Crippen molar-refractivity contribution in [1.82, 2.24) is 9.97 Å². The highest BCUT2D eigenvalue weighted by Crippen LogP contribution is 2.36. The zero-order valence-corrected chi connectivity index (χ0v) is 15.2. The summed E-state index contributed by atoms with van der Waals surface area (Å²) in [5, 5.41) is 18.4. The van der Waals surface area contributed by atoms with Crippen LogP contribution >= 0.6 is 34.8 Å². The van der Waals surface area contributed by atoms with Crippen LogP contribution < -0.4 is 10.6 Å². The molecular weight excluding hydrogens is 401 g/mol. The van der Waals surface area contributed by atoms with Crippen LogP contribution in [0.2, 0.25) is 15.1 Å². The van der Waals surface area contributed by atoms with E-state index in [2.05, 4.69) is 20.6 Å². The van der Waals surface area contributed by atoms with E-state index >= 15 is 0 Å². The first-order valence-corrected chi connectivity index (χ1v) is 8.32. The van der Waals surface area contributed by atoms with Gasteiger partial charge >= 0.3 is 5.69 Å². The number of hydrogen-bond donors (Lipinski definition) is 2. The third-order valence-electron chi connectivity index (χ3n) is 3.31. The second-order valence-corrected chi connectivity index (χ2v) is 6.28. The van der Waals surface area contributed by atoms with Gasteiger partial charge in [-0.25, -0.2) is 9.97 Å². The number of nitro groups is 1. The Hall–Kier alpha value is -2.61. The number of para-hydroxylation sites is 1. The number of aromatic nitrogens is 2. The predicted molar refractivity (Wildman–Crippen MR) is 103 cm³/mol. The van der Waals surface area contributed by atoms with Gasteiger partial charge in [-0.05, 0) is 30.3 Å². The molecule has 7 nitrogen and oxygen atoms in total. The number of rotatable bonds is 5. The maximum absolute atomic E-state index is 11.6. The van der Waals surface area contributed by atoms with Crippen molar-refractivity contribution in [3.8, 4) is 0 Å². The maximum Gasteiger partial charge on any atom is 0.353 e. The Labute approximate surface area is 163 Å². The summed E-state index contributed by atoms with van der Waals surface area (Å²) in [7, 11) is 0. The van der Waals surface area contributed by atoms with Gasteiger partial charge in [-0.1, -0.05) is 46.9 Å². The Morgan fingerprint density at radius 2 is 1.50 bits per heavy atom. The first-order chi connectivity index (χ1) is 12.5. The SMILES string of the molecule is O=[N+]([O-])c1c(Nc2ccccc2Cl)ncnc1Nc1cc(Cl)ccc1Cl. The average molecular weight is 411 g/mol. The molecule has 0 saturated heterocycles. The zero-order valence-electron chi connectivity index (χ0n) is 12.9. The van der Waals surface area contributed by atoms with Gasteiger partial charge in [0.2, 0.25) is 11.6 Å². The number of nitrogens with zero attached hydrogens (tertiary/aromatic N) is 3. The zero-order chi connectivity index (χ0) is 18.7. The molecule has 2 aromatic carbocycles. The normalized spacial score (nSPS) is 10.4. The van der Waals surface area contributed by atoms with E-state index in [-0.39, 0.29) is 17.3 Å². The molecule has 0 fully saturated rings. The first kappa shape index (κ1) is 18.2. The number of hydrogen-bond acceptors (Lipinski definition) is 6. The molecule has 0 spiro atoms. The third kappa shape index (κ3) is 3.96. The molecule has 26 heavy (non-hydrogen) atoms. The van der Waals surface area contributed by atoms with Crippen molar-refractivity contribution >= 4 is 63.5 Å². The lowest BCUT2D eigenvalue weighted by atomic mass is 10.3. The molecule has 0 atom stereocenters. The molecule has 3 rings (SSSR count). The summed E-state index contributed by atoms with van der Waals surface area (Å²) < 4.78 is 0. The average Bonchev–Trinajstić information content (AvgIpc) is 2.60. The van der Waals surface area contributed by atoms with E-state index in [4.69, 9.17) is 34.8 Å². The van der Waals surface area contributed by atoms with E-state index in [9.17, 15) is 10.1 Å². The minimum absolute atomic E-state index is 0.0150. The Morgan fingerprint density at radius 1 is 0.885 bits per heavy atom. The monoisotopic (exact) mass is 409 g/mol. The van der Waals surface area contributed by atoms with E-state index in [0.29, 0.717) is 26.4 Å². The lowest BCUT2D eigenvalue weighted by Crippen LogP contribution is -2.06. The number of nitrogens with one attached hydrogen (secondary N) is 2. The van der Waals surface area contributed by atoms with E-state index in [1.165, 1.54) is 12.4 Å². The van der Waals surface area contributed by atoms with Crippen molar-refractivity contribution in [1.29, 1.82) is 0 Å². The second-order valence-electron chi connectivity index (χ2n) is 5.03. The van der Waals surface area contributed by atoms with E-state index in [0.717, 1.165) is 0 Å². The Kier molecular flexibility index (Phi) is 5.41. The van der Waals surface area contributed by atoms with Crippen molar-refractivity contribution in [2.24, 2.45) is 0 Å². The highest BCUT2D eigenvalue weighted by molar-refractivity contribution is 6.35. The minimum atomic E-state index is -0.597. The Balaban J connectivity index is 2.03. The van der Waals surface area contributed by atoms with E-state index < -0.39 is 4.92 Å². The molecular formula is C16H10Cl3N5O2. The minimum Gasteiger partial charge on any atom is -0.333 e. The van der Waals surface area contributed by atoms with Gasteiger partial charge in [0.15, 0.2) is 0 Å². The van der Waals surface area contributed by atoms with Crippen molar-refractivity contribution in [2.75, 3.05) is 10.6 Å². The van der Waals surface area contributed by atoms with Gasteiger partial charge in [-0.15, -0.1) is 0 Å². The maximum atomic E-state index is 11.6. The topological polar surface area (TPSA) is 93.0 Å². The largest absolute Gasteiger partial charge is 0.353 e. The molecule has 1 heterocycles. The summed E-state index contributed by atoms with van der Waals surface area (Å²) in [6.07, 6.45) is 1.19. The summed E-state index contributed by atoms with van der Waals surface area (Å²) in [4.78, 5) is 18.9. The smallest absolute Gasteiger partial charge is 0.333 e. The van der Waals surface area contributed by atoms with Gasteiger partial charge in [0.25, 0.3) is 0 Å². The molecule has 132 valence electrons. The quantitative estimate of drug-likeness (QED) is 0.406. The predicted octanol–water partition coefficient (Wildman–Crippen LogP) is 5.83. The lowest BCUT2D eigenvalue weighted by Gasteiger charge is -2.12. The number of anilines is 4. The van der Waals surface area contributed by atoms with Crippen LogP contribution in [0, 0.1) is 10.1 Å². The van der Waals surface area contributed by atoms with Gasteiger partial charge < -0.3 is 10.6 Å². The molecule has 0 saturated carbocycles. The van der Waals surface area contributed by atoms with Crippen molar-refractivity contribution in [3.05, 3.63) is 74.0 Å². The van der Waals surface area contributed by atoms with Gasteiger partial charge in [0, 0.05) is 5.02 Å². The fourth-order valence-corrected chi connectivity index (χ4v) is 2.67. The first-order valence-electron chi connectivity index (χ1n) is 7.18. The second kappa shape index (κ2) is 7.74. The van der Waals surface area contributed by atoms with Gasteiger partial charge in [-0.3, -0.25) is 10.1 Å². The lowest BCUT2D eigenvalue weighted by molar-refractivity contribution is -0.383. The van der Waals surface area contributed by atoms with Crippen LogP contribution in [0.4, 0.5) is 28.7 Å². The van der Waals surface area contributed by atoms with Gasteiger partial charge in [0.1, 0.15) is 6.33 Å². The van der Waals surface area contributed by atoms with E-state index in [1.807, 2.05) is 0 Å². The summed E-state index contributed by atoms with van der Waals surface area (Å²) in [5.74, 6) is -0.0533. The van der Waals surface area contributed by atoms with Crippen LogP contribution in [-0.4, -0.2) is 14.9 Å². The summed E-state index contributed by atoms with van der Waals surface area (Å²) in [6.45, 7) is 0. The van der Waals surface area contributed by atoms with Crippen molar-refractivity contribution in [2.45, 2.75) is 0 Å². The van der Waals surface area contributed by atoms with Gasteiger partial charge in [-0.2, -0.15) is 0 Å². The fraction of sp³-hybridized carbons (Fsp3) is 0. The molecule has 0 aliphatic heterocycles. The standard InChI is InChI=1S/C16H10Cl3N5O2/c17-9-5-6-11(19)13(7-9)23-16-14(24(25)26)15(20-8-21-16)22-12-4-2-1-3-10(12)18/h1-8H,(H2,20,21,22,23). The van der Waals surface area contributed by atoms with Crippen LogP contribution in [0.3, 0.4) is 0 Å². The highest BCUT2D eigenvalue weighted by Gasteiger charge is 2.24. The summed E-state index contributed by atoms with van der Waals surface area (Å²) in [5.41, 5.74) is 0.496. The van der Waals surface area contributed by atoms with Crippen LogP contribution in [0.15, 0.2) is 48.8 Å². The van der Waals surface area contributed by atoms with Crippen molar-refractivity contribution in [3.63, 3.8) is 0 Å². The molecule has 0 radical (unpaired) electrons. The fourth-order valence-electron chi connectivity index (χ4n) is 2.15. The molecule has 0 unspecified atom stereocenters. The van der Waals surface area contributed by atoms with Gasteiger partial charge in [0.05, 0.1) is 26.3 Å². The highest BCUT2D eigenvalue weighted by atomic mass is 35.5.